The number of carbonyl (C=O) groups excluding carboxylic acids is 1. The van der Waals surface area contributed by atoms with Gasteiger partial charge >= 0.3 is 0 Å². The van der Waals surface area contributed by atoms with E-state index in [1.807, 2.05) is 26.0 Å². The van der Waals surface area contributed by atoms with Crippen molar-refractivity contribution in [2.75, 3.05) is 16.6 Å². The van der Waals surface area contributed by atoms with Gasteiger partial charge in [-0.25, -0.2) is 8.42 Å². The van der Waals surface area contributed by atoms with Crippen molar-refractivity contribution in [2.45, 2.75) is 25.7 Å². The normalized spacial score (nSPS) is 11.1. The Morgan fingerprint density at radius 1 is 0.935 bits per heavy atom. The summed E-state index contributed by atoms with van der Waals surface area (Å²) in [5, 5.41) is 3.36. The van der Waals surface area contributed by atoms with Gasteiger partial charge in [0, 0.05) is 16.4 Å². The molecule has 6 nitrogen and oxygen atoms in total. The molecule has 0 bridgehead atoms. The Morgan fingerprint density at radius 2 is 1.65 bits per heavy atom. The highest BCUT2D eigenvalue weighted by atomic mass is 35.5. The highest BCUT2D eigenvalue weighted by Crippen LogP contribution is 2.24. The molecule has 162 valence electrons. The van der Waals surface area contributed by atoms with Gasteiger partial charge in [-0.05, 0) is 80.4 Å². The lowest BCUT2D eigenvalue weighted by Gasteiger charge is -2.13. The first-order chi connectivity index (χ1) is 14.6. The van der Waals surface area contributed by atoms with Gasteiger partial charge in [0.25, 0.3) is 15.9 Å². The van der Waals surface area contributed by atoms with Gasteiger partial charge in [-0.15, -0.1) is 0 Å². The Labute approximate surface area is 187 Å². The van der Waals surface area contributed by atoms with Gasteiger partial charge in [0.15, 0.2) is 6.61 Å². The van der Waals surface area contributed by atoms with Crippen LogP contribution >= 0.6 is 11.6 Å². The van der Waals surface area contributed by atoms with E-state index in [1.165, 1.54) is 12.1 Å². The number of hydrogen-bond donors (Lipinski definition) is 2. The van der Waals surface area contributed by atoms with Crippen molar-refractivity contribution in [3.8, 4) is 5.75 Å². The second-order valence-electron chi connectivity index (χ2n) is 7.19. The average molecular weight is 459 g/mol. The zero-order chi connectivity index (χ0) is 22.6. The van der Waals surface area contributed by atoms with Crippen LogP contribution in [0.4, 0.5) is 11.4 Å². The van der Waals surface area contributed by atoms with E-state index in [1.54, 1.807) is 43.3 Å². The smallest absolute Gasteiger partial charge is 0.262 e. The third-order valence-electron chi connectivity index (χ3n) is 4.58. The molecule has 0 saturated heterocycles. The Hall–Kier alpha value is -3.03. The van der Waals surface area contributed by atoms with E-state index in [2.05, 4.69) is 10.0 Å². The first kappa shape index (κ1) is 22.7. The zero-order valence-corrected chi connectivity index (χ0v) is 19.0. The molecule has 0 atom stereocenters. The van der Waals surface area contributed by atoms with Crippen LogP contribution in [0.5, 0.6) is 5.75 Å². The molecule has 1 amide bonds. The minimum Gasteiger partial charge on any atom is -0.483 e. The summed E-state index contributed by atoms with van der Waals surface area (Å²) in [6.07, 6.45) is 0. The van der Waals surface area contributed by atoms with Crippen LogP contribution in [0.25, 0.3) is 0 Å². The largest absolute Gasteiger partial charge is 0.483 e. The van der Waals surface area contributed by atoms with Crippen molar-refractivity contribution in [2.24, 2.45) is 0 Å². The summed E-state index contributed by atoms with van der Waals surface area (Å²) < 4.78 is 33.4. The van der Waals surface area contributed by atoms with Gasteiger partial charge in [0.2, 0.25) is 0 Å². The van der Waals surface area contributed by atoms with Crippen molar-refractivity contribution in [3.63, 3.8) is 0 Å². The third-order valence-corrected chi connectivity index (χ3v) is 6.20. The van der Waals surface area contributed by atoms with Gasteiger partial charge in [0.1, 0.15) is 5.75 Å². The highest BCUT2D eigenvalue weighted by molar-refractivity contribution is 7.92. The van der Waals surface area contributed by atoms with Gasteiger partial charge in [-0.1, -0.05) is 29.3 Å². The van der Waals surface area contributed by atoms with Gasteiger partial charge in [0.05, 0.1) is 4.90 Å². The molecule has 0 spiro atoms. The van der Waals surface area contributed by atoms with E-state index in [9.17, 15) is 13.2 Å². The molecule has 0 fully saturated rings. The fourth-order valence-electron chi connectivity index (χ4n) is 2.88. The first-order valence-corrected chi connectivity index (χ1v) is 11.4. The molecule has 3 aromatic rings. The highest BCUT2D eigenvalue weighted by Gasteiger charge is 2.16. The van der Waals surface area contributed by atoms with E-state index >= 15 is 0 Å². The fraction of sp³-hybridized carbons (Fsp3) is 0.174. The molecule has 3 aromatic carbocycles. The molecule has 0 aliphatic rings. The number of nitrogens with one attached hydrogen (secondary N) is 2. The number of benzene rings is 3. The van der Waals surface area contributed by atoms with Gasteiger partial charge < -0.3 is 10.1 Å². The van der Waals surface area contributed by atoms with Crippen LogP contribution in [0.3, 0.4) is 0 Å². The quantitative estimate of drug-likeness (QED) is 0.516. The Bertz CT molecular complexity index is 1210. The number of amides is 1. The standard InChI is InChI=1S/C23H23ClN2O4S/c1-15-4-7-19(8-5-15)26-31(28,29)20-9-11-22(17(3)13-20)30-14-23(27)25-21-10-6-18(24)12-16(21)2/h4-13,26H,14H2,1-3H3,(H,25,27). The van der Waals surface area contributed by atoms with Crippen molar-refractivity contribution >= 4 is 38.9 Å². The number of ether oxygens (including phenoxy) is 1. The van der Waals surface area contributed by atoms with Crippen LogP contribution in [-0.4, -0.2) is 20.9 Å². The maximum Gasteiger partial charge on any atom is 0.262 e. The predicted molar refractivity (Wildman–Crippen MR) is 123 cm³/mol. The summed E-state index contributed by atoms with van der Waals surface area (Å²) in [4.78, 5) is 12.3. The van der Waals surface area contributed by atoms with E-state index in [0.717, 1.165) is 11.1 Å². The average Bonchev–Trinajstić information content (AvgIpc) is 2.70. The summed E-state index contributed by atoms with van der Waals surface area (Å²) in [6, 6.07) is 16.7. The fourth-order valence-corrected chi connectivity index (χ4v) is 4.25. The van der Waals surface area contributed by atoms with Crippen LogP contribution in [0.15, 0.2) is 65.6 Å². The third kappa shape index (κ3) is 5.99. The van der Waals surface area contributed by atoms with Crippen molar-refractivity contribution in [3.05, 3.63) is 82.4 Å². The number of halogens is 1. The molecular weight excluding hydrogens is 436 g/mol. The summed E-state index contributed by atoms with van der Waals surface area (Å²) in [5.41, 5.74) is 3.61. The summed E-state index contributed by atoms with van der Waals surface area (Å²) in [5.74, 6) is 0.0971. The summed E-state index contributed by atoms with van der Waals surface area (Å²) >= 11 is 5.92. The van der Waals surface area contributed by atoms with Crippen LogP contribution in [0.2, 0.25) is 5.02 Å². The SMILES string of the molecule is Cc1ccc(NS(=O)(=O)c2ccc(OCC(=O)Nc3ccc(Cl)cc3C)c(C)c2)cc1. The van der Waals surface area contributed by atoms with E-state index in [-0.39, 0.29) is 17.4 Å². The summed E-state index contributed by atoms with van der Waals surface area (Å²) in [6.45, 7) is 5.28. The molecule has 0 saturated carbocycles. The number of rotatable bonds is 7. The van der Waals surface area contributed by atoms with Crippen LogP contribution in [0, 0.1) is 20.8 Å². The number of hydrogen-bond acceptors (Lipinski definition) is 4. The molecule has 2 N–H and O–H groups in total. The Morgan fingerprint density at radius 3 is 2.29 bits per heavy atom. The van der Waals surface area contributed by atoms with Crippen LogP contribution in [-0.2, 0) is 14.8 Å². The van der Waals surface area contributed by atoms with E-state index < -0.39 is 10.0 Å². The Balaban J connectivity index is 1.64. The zero-order valence-electron chi connectivity index (χ0n) is 17.4. The molecule has 0 radical (unpaired) electrons. The molecule has 31 heavy (non-hydrogen) atoms. The molecule has 0 heterocycles. The molecule has 0 aliphatic heterocycles. The van der Waals surface area contributed by atoms with Gasteiger partial charge in [-0.3, -0.25) is 9.52 Å². The van der Waals surface area contributed by atoms with Crippen LogP contribution < -0.4 is 14.8 Å². The Kier molecular flexibility index (Phi) is 6.87. The predicted octanol–water partition coefficient (Wildman–Crippen LogP) is 5.08. The lowest BCUT2D eigenvalue weighted by Crippen LogP contribution is -2.21. The molecule has 0 aliphatic carbocycles. The van der Waals surface area contributed by atoms with Crippen molar-refractivity contribution in [1.82, 2.24) is 0 Å². The number of aryl methyl sites for hydroxylation is 3. The van der Waals surface area contributed by atoms with E-state index in [4.69, 9.17) is 16.3 Å². The maximum absolute atomic E-state index is 12.6. The lowest BCUT2D eigenvalue weighted by molar-refractivity contribution is -0.118. The minimum absolute atomic E-state index is 0.110. The maximum atomic E-state index is 12.6. The second-order valence-corrected chi connectivity index (χ2v) is 9.31. The topological polar surface area (TPSA) is 84.5 Å². The molecule has 0 unspecified atom stereocenters. The number of anilines is 2. The minimum atomic E-state index is -3.74. The monoisotopic (exact) mass is 458 g/mol. The van der Waals surface area contributed by atoms with Gasteiger partial charge in [-0.2, -0.15) is 0 Å². The number of carbonyl (C=O) groups is 1. The number of sulfonamides is 1. The lowest BCUT2D eigenvalue weighted by atomic mass is 10.2. The second kappa shape index (κ2) is 9.41. The molecule has 8 heteroatoms. The molecule has 0 aromatic heterocycles. The van der Waals surface area contributed by atoms with E-state index in [0.29, 0.717) is 27.7 Å². The molecule has 3 rings (SSSR count). The summed E-state index contributed by atoms with van der Waals surface area (Å²) in [7, 11) is -3.74. The van der Waals surface area contributed by atoms with Crippen LogP contribution in [0.1, 0.15) is 16.7 Å². The van der Waals surface area contributed by atoms with Crippen molar-refractivity contribution in [1.29, 1.82) is 0 Å². The molecular formula is C23H23ClN2O4S. The first-order valence-electron chi connectivity index (χ1n) is 9.53. The van der Waals surface area contributed by atoms with Crippen molar-refractivity contribution < 1.29 is 17.9 Å².